The third-order valence-corrected chi connectivity index (χ3v) is 2.54. The van der Waals surface area contributed by atoms with E-state index in [1.807, 2.05) is 7.05 Å². The van der Waals surface area contributed by atoms with Crippen molar-refractivity contribution in [3.8, 4) is 0 Å². The Morgan fingerprint density at radius 3 is 2.82 bits per heavy atom. The Morgan fingerprint density at radius 2 is 2.27 bits per heavy atom. The first kappa shape index (κ1) is 8.98. The van der Waals surface area contributed by atoms with Gasteiger partial charge in [0.25, 0.3) is 0 Å². The van der Waals surface area contributed by atoms with Gasteiger partial charge in [0.1, 0.15) is 6.17 Å². The van der Waals surface area contributed by atoms with Gasteiger partial charge in [0.05, 0.1) is 0 Å². The average molecular weight is 159 g/mol. The maximum Gasteiger partial charge on any atom is 0.116 e. The van der Waals surface area contributed by atoms with Gasteiger partial charge in [0.15, 0.2) is 0 Å². The predicted octanol–water partition coefficient (Wildman–Crippen LogP) is 2.08. The molecule has 2 heteroatoms. The second kappa shape index (κ2) is 4.05. The number of piperidine rings is 1. The van der Waals surface area contributed by atoms with E-state index in [-0.39, 0.29) is 0 Å². The highest BCUT2D eigenvalue weighted by atomic mass is 19.1. The van der Waals surface area contributed by atoms with Crippen molar-refractivity contribution in [2.24, 2.45) is 5.92 Å². The normalized spacial score (nSPS) is 34.1. The van der Waals surface area contributed by atoms with Crippen LogP contribution in [-0.4, -0.2) is 31.2 Å². The van der Waals surface area contributed by atoms with E-state index < -0.39 is 6.17 Å². The van der Waals surface area contributed by atoms with Crippen molar-refractivity contribution in [2.45, 2.75) is 32.4 Å². The molecule has 1 heterocycles. The summed E-state index contributed by atoms with van der Waals surface area (Å²) in [5.74, 6) is 0.344. The monoisotopic (exact) mass is 159 g/mol. The fraction of sp³-hybridized carbons (Fsp3) is 1.00. The first-order chi connectivity index (χ1) is 5.24. The highest BCUT2D eigenvalue weighted by Gasteiger charge is 2.26. The quantitative estimate of drug-likeness (QED) is 0.596. The first-order valence-electron chi connectivity index (χ1n) is 4.56. The largest absolute Gasteiger partial charge is 0.303 e. The van der Waals surface area contributed by atoms with Crippen LogP contribution >= 0.6 is 0 Å². The van der Waals surface area contributed by atoms with Crippen molar-refractivity contribution >= 4 is 0 Å². The van der Waals surface area contributed by atoms with E-state index in [1.54, 1.807) is 0 Å². The van der Waals surface area contributed by atoms with Gasteiger partial charge in [-0.3, -0.25) is 0 Å². The van der Waals surface area contributed by atoms with Gasteiger partial charge in [0, 0.05) is 6.54 Å². The molecule has 1 nitrogen and oxygen atoms in total. The van der Waals surface area contributed by atoms with Crippen LogP contribution in [0.5, 0.6) is 0 Å². The number of alkyl halides is 1. The fourth-order valence-corrected chi connectivity index (χ4v) is 1.80. The number of hydrogen-bond donors (Lipinski definition) is 0. The van der Waals surface area contributed by atoms with Crippen LogP contribution in [0.2, 0.25) is 0 Å². The van der Waals surface area contributed by atoms with Crippen molar-refractivity contribution in [1.29, 1.82) is 0 Å². The highest BCUT2D eigenvalue weighted by Crippen LogP contribution is 2.23. The Balaban J connectivity index is 2.31. The predicted molar refractivity (Wildman–Crippen MR) is 45.4 cm³/mol. The van der Waals surface area contributed by atoms with E-state index in [9.17, 15) is 4.39 Å². The standard InChI is InChI=1S/C9H18FN/c1-3-4-8-5-6-11(2)7-9(8)10/h8-9H,3-7H2,1-2H3. The first-order valence-corrected chi connectivity index (χ1v) is 4.56. The maximum atomic E-state index is 13.2. The summed E-state index contributed by atoms with van der Waals surface area (Å²) in [5.41, 5.74) is 0. The molecule has 1 rings (SSSR count). The van der Waals surface area contributed by atoms with Crippen molar-refractivity contribution in [3.63, 3.8) is 0 Å². The molecule has 0 amide bonds. The maximum absolute atomic E-state index is 13.2. The molecule has 66 valence electrons. The summed E-state index contributed by atoms with van der Waals surface area (Å²) in [7, 11) is 1.99. The summed E-state index contributed by atoms with van der Waals surface area (Å²) < 4.78 is 13.2. The minimum Gasteiger partial charge on any atom is -0.303 e. The summed E-state index contributed by atoms with van der Waals surface area (Å²) in [4.78, 5) is 2.08. The third kappa shape index (κ3) is 2.44. The van der Waals surface area contributed by atoms with Crippen molar-refractivity contribution in [3.05, 3.63) is 0 Å². The van der Waals surface area contributed by atoms with Gasteiger partial charge in [0.2, 0.25) is 0 Å². The Bertz CT molecular complexity index is 116. The molecule has 0 saturated carbocycles. The minimum atomic E-state index is -0.575. The lowest BCUT2D eigenvalue weighted by atomic mass is 9.91. The molecule has 1 aliphatic rings. The molecule has 2 unspecified atom stereocenters. The molecule has 1 saturated heterocycles. The summed E-state index contributed by atoms with van der Waals surface area (Å²) in [6, 6.07) is 0. The van der Waals surface area contributed by atoms with Gasteiger partial charge < -0.3 is 4.90 Å². The minimum absolute atomic E-state index is 0.344. The zero-order valence-electron chi connectivity index (χ0n) is 7.52. The van der Waals surface area contributed by atoms with Gasteiger partial charge in [-0.05, 0) is 32.4 Å². The Kier molecular flexibility index (Phi) is 3.31. The van der Waals surface area contributed by atoms with E-state index >= 15 is 0 Å². The molecule has 0 spiro atoms. The topological polar surface area (TPSA) is 3.24 Å². The van der Waals surface area contributed by atoms with Gasteiger partial charge >= 0.3 is 0 Å². The van der Waals surface area contributed by atoms with Gasteiger partial charge in [-0.25, -0.2) is 4.39 Å². The molecule has 2 atom stereocenters. The number of likely N-dealkylation sites (tertiary alicyclic amines) is 1. The van der Waals surface area contributed by atoms with Crippen LogP contribution in [0.25, 0.3) is 0 Å². The van der Waals surface area contributed by atoms with Crippen LogP contribution in [0.3, 0.4) is 0 Å². The molecule has 11 heavy (non-hydrogen) atoms. The number of rotatable bonds is 2. The van der Waals surface area contributed by atoms with Crippen LogP contribution < -0.4 is 0 Å². The lowest BCUT2D eigenvalue weighted by Gasteiger charge is -2.31. The molecule has 0 aromatic heterocycles. The molecule has 0 aromatic carbocycles. The smallest absolute Gasteiger partial charge is 0.116 e. The molecular weight excluding hydrogens is 141 g/mol. The number of nitrogens with zero attached hydrogens (tertiary/aromatic N) is 1. The van der Waals surface area contributed by atoms with E-state index in [0.29, 0.717) is 12.5 Å². The second-order valence-electron chi connectivity index (χ2n) is 3.62. The van der Waals surface area contributed by atoms with Crippen molar-refractivity contribution in [1.82, 2.24) is 4.90 Å². The van der Waals surface area contributed by atoms with Crippen molar-refractivity contribution < 1.29 is 4.39 Å². The van der Waals surface area contributed by atoms with E-state index in [1.165, 1.54) is 0 Å². The lowest BCUT2D eigenvalue weighted by molar-refractivity contribution is 0.0967. The lowest BCUT2D eigenvalue weighted by Crippen LogP contribution is -2.39. The van der Waals surface area contributed by atoms with Gasteiger partial charge in [-0.1, -0.05) is 13.3 Å². The van der Waals surface area contributed by atoms with E-state index in [0.717, 1.165) is 25.8 Å². The van der Waals surface area contributed by atoms with Crippen LogP contribution in [0.1, 0.15) is 26.2 Å². The van der Waals surface area contributed by atoms with Crippen LogP contribution in [0.4, 0.5) is 4.39 Å². The molecular formula is C9H18FN. The molecule has 0 radical (unpaired) electrons. The second-order valence-corrected chi connectivity index (χ2v) is 3.62. The van der Waals surface area contributed by atoms with E-state index in [2.05, 4.69) is 11.8 Å². The Hall–Kier alpha value is -0.110. The third-order valence-electron chi connectivity index (χ3n) is 2.54. The van der Waals surface area contributed by atoms with Crippen LogP contribution in [0, 0.1) is 5.92 Å². The molecule has 0 N–H and O–H groups in total. The number of hydrogen-bond acceptors (Lipinski definition) is 1. The molecule has 0 bridgehead atoms. The fourth-order valence-electron chi connectivity index (χ4n) is 1.80. The van der Waals surface area contributed by atoms with Crippen molar-refractivity contribution in [2.75, 3.05) is 20.1 Å². The van der Waals surface area contributed by atoms with Gasteiger partial charge in [-0.2, -0.15) is 0 Å². The van der Waals surface area contributed by atoms with Crippen LogP contribution in [-0.2, 0) is 0 Å². The van der Waals surface area contributed by atoms with E-state index in [4.69, 9.17) is 0 Å². The zero-order valence-corrected chi connectivity index (χ0v) is 7.52. The SMILES string of the molecule is CCCC1CCN(C)CC1F. The van der Waals surface area contributed by atoms with Crippen LogP contribution in [0.15, 0.2) is 0 Å². The summed E-state index contributed by atoms with van der Waals surface area (Å²) in [5, 5.41) is 0. The molecule has 1 aliphatic heterocycles. The Morgan fingerprint density at radius 1 is 1.55 bits per heavy atom. The molecule has 1 fully saturated rings. The average Bonchev–Trinajstić information content (AvgIpc) is 1.95. The Labute approximate surface area is 68.6 Å². The molecule has 0 aliphatic carbocycles. The zero-order chi connectivity index (χ0) is 8.27. The summed E-state index contributed by atoms with van der Waals surface area (Å²) >= 11 is 0. The summed E-state index contributed by atoms with van der Waals surface area (Å²) in [6.45, 7) is 3.85. The highest BCUT2D eigenvalue weighted by molar-refractivity contribution is 4.78. The number of halogens is 1. The summed E-state index contributed by atoms with van der Waals surface area (Å²) in [6.07, 6.45) is 2.66. The molecule has 0 aromatic rings. The van der Waals surface area contributed by atoms with Gasteiger partial charge in [-0.15, -0.1) is 0 Å².